The van der Waals surface area contributed by atoms with Gasteiger partial charge < -0.3 is 0 Å². The van der Waals surface area contributed by atoms with Gasteiger partial charge in [0.1, 0.15) is 11.5 Å². The highest BCUT2D eigenvalue weighted by Crippen LogP contribution is 2.23. The maximum Gasteiger partial charge on any atom is 0.212 e. The third kappa shape index (κ3) is 2.90. The second-order valence-electron chi connectivity index (χ2n) is 5.62. The predicted octanol–water partition coefficient (Wildman–Crippen LogP) is 4.67. The molecule has 0 atom stereocenters. The first kappa shape index (κ1) is 15.1. The normalized spacial score (nSPS) is 10.8. The number of carbonyl (C=O) groups is 1. The number of carbonyl (C=O) groups excluding carboxylic acids is 1. The quantitative estimate of drug-likeness (QED) is 0.513. The molecule has 0 spiro atoms. The minimum atomic E-state index is -0.451. The highest BCUT2D eigenvalue weighted by molar-refractivity contribution is 6.14. The van der Waals surface area contributed by atoms with Crippen molar-refractivity contribution in [2.45, 2.75) is 0 Å². The lowest BCUT2D eigenvalue weighted by atomic mass is 10.0. The summed E-state index contributed by atoms with van der Waals surface area (Å²) in [4.78, 5) is 22.0. The Morgan fingerprint density at radius 1 is 0.800 bits per heavy atom. The summed E-state index contributed by atoms with van der Waals surface area (Å²) < 4.78 is 13.5. The molecular formula is C21H13FN2O. The van der Waals surface area contributed by atoms with Gasteiger partial charge in [0.15, 0.2) is 5.82 Å². The maximum atomic E-state index is 13.5. The van der Waals surface area contributed by atoms with Crippen LogP contribution in [0, 0.1) is 5.82 Å². The largest absolute Gasteiger partial charge is 0.287 e. The molecule has 4 heteroatoms. The number of para-hydroxylation sites is 1. The summed E-state index contributed by atoms with van der Waals surface area (Å²) in [5.74, 6) is -0.304. The van der Waals surface area contributed by atoms with E-state index in [-0.39, 0.29) is 17.0 Å². The Balaban J connectivity index is 1.94. The molecule has 3 nitrogen and oxygen atoms in total. The number of nitrogens with zero attached hydrogens (tertiary/aromatic N) is 2. The number of rotatable bonds is 3. The van der Waals surface area contributed by atoms with E-state index in [0.717, 1.165) is 5.56 Å². The highest BCUT2D eigenvalue weighted by atomic mass is 19.1. The number of halogens is 1. The molecule has 1 aromatic heterocycles. The average Bonchev–Trinajstić information content (AvgIpc) is 2.67. The highest BCUT2D eigenvalue weighted by Gasteiger charge is 2.17. The number of benzene rings is 3. The van der Waals surface area contributed by atoms with E-state index >= 15 is 0 Å². The number of hydrogen-bond acceptors (Lipinski definition) is 3. The van der Waals surface area contributed by atoms with Gasteiger partial charge in [-0.2, -0.15) is 0 Å². The zero-order valence-corrected chi connectivity index (χ0v) is 13.2. The van der Waals surface area contributed by atoms with Crippen molar-refractivity contribution >= 4 is 16.7 Å². The van der Waals surface area contributed by atoms with Gasteiger partial charge in [0.2, 0.25) is 5.78 Å². The molecule has 0 amide bonds. The summed E-state index contributed by atoms with van der Waals surface area (Å²) in [6, 6.07) is 22.4. The summed E-state index contributed by atoms with van der Waals surface area (Å²) in [6.07, 6.45) is 0. The lowest BCUT2D eigenvalue weighted by Gasteiger charge is -2.08. The van der Waals surface area contributed by atoms with Crippen molar-refractivity contribution in [1.82, 2.24) is 9.97 Å². The van der Waals surface area contributed by atoms with Crippen molar-refractivity contribution in [3.8, 4) is 11.4 Å². The van der Waals surface area contributed by atoms with Crippen LogP contribution in [0.5, 0.6) is 0 Å². The van der Waals surface area contributed by atoms with E-state index < -0.39 is 5.82 Å². The molecule has 0 saturated carbocycles. The maximum absolute atomic E-state index is 13.5. The van der Waals surface area contributed by atoms with Crippen LogP contribution in [0.1, 0.15) is 16.1 Å². The fourth-order valence-electron chi connectivity index (χ4n) is 2.73. The molecule has 0 aliphatic rings. The zero-order chi connectivity index (χ0) is 17.2. The van der Waals surface area contributed by atoms with E-state index in [1.165, 1.54) is 18.2 Å². The van der Waals surface area contributed by atoms with Gasteiger partial charge in [0.05, 0.1) is 5.52 Å². The van der Waals surface area contributed by atoms with Crippen molar-refractivity contribution < 1.29 is 9.18 Å². The summed E-state index contributed by atoms with van der Waals surface area (Å²) in [5.41, 5.74) is 2.04. The molecule has 0 aliphatic heterocycles. The lowest BCUT2D eigenvalue weighted by Crippen LogP contribution is -2.08. The van der Waals surface area contributed by atoms with E-state index in [4.69, 9.17) is 0 Å². The predicted molar refractivity (Wildman–Crippen MR) is 94.8 cm³/mol. The Bertz CT molecular complexity index is 1080. The molecule has 3 aromatic carbocycles. The summed E-state index contributed by atoms with van der Waals surface area (Å²) in [5, 5.41) is 0.649. The van der Waals surface area contributed by atoms with Crippen molar-refractivity contribution in [3.63, 3.8) is 0 Å². The van der Waals surface area contributed by atoms with Gasteiger partial charge in [0.25, 0.3) is 0 Å². The number of ketones is 1. The number of hydrogen-bond donors (Lipinski definition) is 0. The Hall–Kier alpha value is -3.40. The molecule has 120 valence electrons. The Labute approximate surface area is 143 Å². The van der Waals surface area contributed by atoms with Crippen molar-refractivity contribution in [2.75, 3.05) is 0 Å². The molecule has 0 unspecified atom stereocenters. The van der Waals surface area contributed by atoms with Gasteiger partial charge in [-0.25, -0.2) is 14.4 Å². The number of aromatic nitrogens is 2. The van der Waals surface area contributed by atoms with E-state index in [2.05, 4.69) is 9.97 Å². The topological polar surface area (TPSA) is 42.9 Å². The Morgan fingerprint density at radius 2 is 1.56 bits per heavy atom. The summed E-state index contributed by atoms with van der Waals surface area (Å²) >= 11 is 0. The van der Waals surface area contributed by atoms with E-state index in [9.17, 15) is 9.18 Å². The Morgan fingerprint density at radius 3 is 2.36 bits per heavy atom. The second kappa shape index (κ2) is 6.24. The first-order valence-corrected chi connectivity index (χ1v) is 7.85. The molecule has 25 heavy (non-hydrogen) atoms. The van der Waals surface area contributed by atoms with Crippen LogP contribution in [0.15, 0.2) is 78.9 Å². The van der Waals surface area contributed by atoms with Gasteiger partial charge in [-0.05, 0) is 18.2 Å². The summed E-state index contributed by atoms with van der Waals surface area (Å²) in [6.45, 7) is 0. The molecule has 0 fully saturated rings. The van der Waals surface area contributed by atoms with Crippen LogP contribution >= 0.6 is 0 Å². The molecular weight excluding hydrogens is 315 g/mol. The van der Waals surface area contributed by atoms with Gasteiger partial charge in [-0.15, -0.1) is 0 Å². The molecule has 0 N–H and O–H groups in total. The lowest BCUT2D eigenvalue weighted by molar-refractivity contribution is 0.103. The zero-order valence-electron chi connectivity index (χ0n) is 13.2. The van der Waals surface area contributed by atoms with Gasteiger partial charge in [0, 0.05) is 16.5 Å². The van der Waals surface area contributed by atoms with Crippen LogP contribution in [0.4, 0.5) is 4.39 Å². The molecule has 0 saturated heterocycles. The molecule has 0 aliphatic carbocycles. The van der Waals surface area contributed by atoms with Crippen LogP contribution in [-0.4, -0.2) is 15.8 Å². The first-order chi connectivity index (χ1) is 12.2. The fourth-order valence-corrected chi connectivity index (χ4v) is 2.73. The van der Waals surface area contributed by atoms with E-state index in [1.54, 1.807) is 12.1 Å². The molecule has 1 heterocycles. The average molecular weight is 328 g/mol. The van der Waals surface area contributed by atoms with Crippen molar-refractivity contribution in [1.29, 1.82) is 0 Å². The van der Waals surface area contributed by atoms with Crippen LogP contribution < -0.4 is 0 Å². The van der Waals surface area contributed by atoms with E-state index in [0.29, 0.717) is 16.7 Å². The number of fused-ring (bicyclic) bond motifs is 1. The van der Waals surface area contributed by atoms with Crippen LogP contribution in [0.2, 0.25) is 0 Å². The van der Waals surface area contributed by atoms with Crippen LogP contribution in [-0.2, 0) is 0 Å². The van der Waals surface area contributed by atoms with Crippen LogP contribution in [0.3, 0.4) is 0 Å². The van der Waals surface area contributed by atoms with Crippen LogP contribution in [0.25, 0.3) is 22.3 Å². The second-order valence-corrected chi connectivity index (χ2v) is 5.62. The van der Waals surface area contributed by atoms with Crippen molar-refractivity contribution in [3.05, 3.63) is 95.9 Å². The minimum absolute atomic E-state index is 0.267. The molecule has 0 radical (unpaired) electrons. The van der Waals surface area contributed by atoms with E-state index in [1.807, 2.05) is 48.5 Å². The monoisotopic (exact) mass is 328 g/mol. The third-order valence-electron chi connectivity index (χ3n) is 3.94. The third-order valence-corrected chi connectivity index (χ3v) is 3.94. The minimum Gasteiger partial charge on any atom is -0.287 e. The standard InChI is InChI=1S/C21H13FN2O/c22-16-10-6-9-15(13-16)20(25)19-17-11-4-5-12-18(17)23-21(24-19)14-7-2-1-3-8-14/h1-13H. The van der Waals surface area contributed by atoms with Crippen molar-refractivity contribution in [2.24, 2.45) is 0 Å². The fraction of sp³-hybridized carbons (Fsp3) is 0. The molecule has 4 rings (SSSR count). The molecule has 4 aromatic rings. The Kier molecular flexibility index (Phi) is 3.78. The first-order valence-electron chi connectivity index (χ1n) is 7.85. The van der Waals surface area contributed by atoms with Gasteiger partial charge in [-0.1, -0.05) is 60.7 Å². The smallest absolute Gasteiger partial charge is 0.212 e. The molecule has 0 bridgehead atoms. The van der Waals surface area contributed by atoms with Gasteiger partial charge >= 0.3 is 0 Å². The van der Waals surface area contributed by atoms with Gasteiger partial charge in [-0.3, -0.25) is 4.79 Å². The summed E-state index contributed by atoms with van der Waals surface area (Å²) in [7, 11) is 0. The SMILES string of the molecule is O=C(c1cccc(F)c1)c1nc(-c2ccccc2)nc2ccccc12.